The van der Waals surface area contributed by atoms with Crippen LogP contribution in [0.5, 0.6) is 5.75 Å². The zero-order chi connectivity index (χ0) is 20.4. The van der Waals surface area contributed by atoms with Crippen LogP contribution in [0.2, 0.25) is 0 Å². The van der Waals surface area contributed by atoms with Gasteiger partial charge in [0.15, 0.2) is 5.82 Å². The van der Waals surface area contributed by atoms with Crippen LogP contribution in [-0.4, -0.2) is 58.5 Å². The van der Waals surface area contributed by atoms with Gasteiger partial charge in [0.1, 0.15) is 12.2 Å². The summed E-state index contributed by atoms with van der Waals surface area (Å²) in [4.78, 5) is 33.0. The molecule has 3 heterocycles. The maximum Gasteiger partial charge on any atom is 0.236 e. The number of piperidine rings is 1. The van der Waals surface area contributed by atoms with Crippen molar-refractivity contribution in [2.24, 2.45) is 5.41 Å². The van der Waals surface area contributed by atoms with E-state index in [0.717, 1.165) is 30.7 Å². The van der Waals surface area contributed by atoms with Crippen molar-refractivity contribution >= 4 is 11.8 Å². The van der Waals surface area contributed by atoms with E-state index >= 15 is 0 Å². The van der Waals surface area contributed by atoms with Gasteiger partial charge < -0.3 is 19.1 Å². The molecule has 154 valence electrons. The molecule has 1 aromatic heterocycles. The van der Waals surface area contributed by atoms with E-state index in [4.69, 9.17) is 9.26 Å². The molecule has 0 atom stereocenters. The maximum absolute atomic E-state index is 12.6. The molecular formula is C21H26N4O4. The third-order valence-corrected chi connectivity index (χ3v) is 5.99. The largest absolute Gasteiger partial charge is 0.497 e. The summed E-state index contributed by atoms with van der Waals surface area (Å²) in [6.07, 6.45) is 2.38. The molecule has 8 heteroatoms. The number of amides is 2. The molecule has 4 rings (SSSR count). The molecule has 2 aromatic rings. The number of nitrogens with zero attached hydrogens (tertiary/aromatic N) is 4. The van der Waals surface area contributed by atoms with Crippen LogP contribution < -0.4 is 4.74 Å². The van der Waals surface area contributed by atoms with Crippen LogP contribution in [0.25, 0.3) is 0 Å². The zero-order valence-corrected chi connectivity index (χ0v) is 16.9. The van der Waals surface area contributed by atoms with Gasteiger partial charge in [-0.2, -0.15) is 4.98 Å². The lowest BCUT2D eigenvalue weighted by Crippen LogP contribution is -2.44. The fraction of sp³-hybridized carbons (Fsp3) is 0.524. The van der Waals surface area contributed by atoms with E-state index in [-0.39, 0.29) is 23.7 Å². The fourth-order valence-electron chi connectivity index (χ4n) is 4.30. The van der Waals surface area contributed by atoms with E-state index in [1.165, 1.54) is 0 Å². The second kappa shape index (κ2) is 7.85. The van der Waals surface area contributed by atoms with Crippen molar-refractivity contribution in [3.05, 3.63) is 41.5 Å². The van der Waals surface area contributed by atoms with Gasteiger partial charge in [-0.3, -0.25) is 9.59 Å². The Morgan fingerprint density at radius 3 is 2.59 bits per heavy atom. The highest BCUT2D eigenvalue weighted by Crippen LogP contribution is 2.41. The van der Waals surface area contributed by atoms with Gasteiger partial charge in [0.05, 0.1) is 7.11 Å². The van der Waals surface area contributed by atoms with Gasteiger partial charge in [0.2, 0.25) is 17.7 Å². The Morgan fingerprint density at radius 1 is 1.24 bits per heavy atom. The van der Waals surface area contributed by atoms with Crippen LogP contribution in [0.4, 0.5) is 0 Å². The van der Waals surface area contributed by atoms with Gasteiger partial charge in [-0.05, 0) is 37.5 Å². The van der Waals surface area contributed by atoms with Crippen molar-refractivity contribution in [3.8, 4) is 5.75 Å². The molecule has 2 saturated heterocycles. The van der Waals surface area contributed by atoms with E-state index in [1.807, 2.05) is 34.1 Å². The zero-order valence-electron chi connectivity index (χ0n) is 16.9. The lowest BCUT2D eigenvalue weighted by atomic mass is 9.77. The highest BCUT2D eigenvalue weighted by molar-refractivity contribution is 5.80. The molecule has 2 aliphatic rings. The number of aryl methyl sites for hydroxylation is 1. The molecule has 2 aliphatic heterocycles. The van der Waals surface area contributed by atoms with Gasteiger partial charge in [-0.25, -0.2) is 0 Å². The van der Waals surface area contributed by atoms with Crippen molar-refractivity contribution in [1.82, 2.24) is 19.9 Å². The molecular weight excluding hydrogens is 372 g/mol. The van der Waals surface area contributed by atoms with Gasteiger partial charge in [0.25, 0.3) is 0 Å². The molecule has 0 bridgehead atoms. The molecule has 2 amide bonds. The van der Waals surface area contributed by atoms with Crippen LogP contribution in [0.3, 0.4) is 0 Å². The quantitative estimate of drug-likeness (QED) is 0.765. The lowest BCUT2D eigenvalue weighted by Gasteiger charge is -2.38. The summed E-state index contributed by atoms with van der Waals surface area (Å²) in [6.45, 7) is 4.43. The third-order valence-electron chi connectivity index (χ3n) is 5.99. The molecule has 0 saturated carbocycles. The number of carbonyl (C=O) groups excluding carboxylic acids is 2. The summed E-state index contributed by atoms with van der Waals surface area (Å²) in [5.41, 5.74) is 1.07. The van der Waals surface area contributed by atoms with Gasteiger partial charge >= 0.3 is 0 Å². The highest BCUT2D eigenvalue weighted by Gasteiger charge is 2.45. The fourth-order valence-corrected chi connectivity index (χ4v) is 4.30. The Labute approximate surface area is 169 Å². The summed E-state index contributed by atoms with van der Waals surface area (Å²) in [7, 11) is 1.64. The average molecular weight is 398 g/mol. The molecule has 2 fully saturated rings. The van der Waals surface area contributed by atoms with E-state index in [1.54, 1.807) is 14.0 Å². The highest BCUT2D eigenvalue weighted by atomic mass is 16.5. The molecule has 0 N–H and O–H groups in total. The Morgan fingerprint density at radius 2 is 1.97 bits per heavy atom. The van der Waals surface area contributed by atoms with E-state index < -0.39 is 0 Å². The molecule has 0 unspecified atom stereocenters. The minimum Gasteiger partial charge on any atom is -0.497 e. The minimum absolute atomic E-state index is 0.00270. The average Bonchev–Trinajstić information content (AvgIpc) is 3.25. The van der Waals surface area contributed by atoms with Crippen LogP contribution in [0, 0.1) is 12.3 Å². The third kappa shape index (κ3) is 4.26. The topological polar surface area (TPSA) is 88.8 Å². The van der Waals surface area contributed by atoms with Crippen LogP contribution in [0.1, 0.15) is 36.5 Å². The number of aromatic nitrogens is 2. The van der Waals surface area contributed by atoms with Crippen molar-refractivity contribution in [2.75, 3.05) is 26.7 Å². The van der Waals surface area contributed by atoms with Gasteiger partial charge in [-0.15, -0.1) is 0 Å². The van der Waals surface area contributed by atoms with Gasteiger partial charge in [-0.1, -0.05) is 17.3 Å². The Hall–Kier alpha value is -2.90. The summed E-state index contributed by atoms with van der Waals surface area (Å²) in [5, 5.41) is 3.73. The number of hydrogen-bond acceptors (Lipinski definition) is 6. The molecule has 0 aliphatic carbocycles. The molecule has 1 spiro atoms. The summed E-state index contributed by atoms with van der Waals surface area (Å²) in [5.74, 6) is 1.90. The second-order valence-electron chi connectivity index (χ2n) is 8.07. The number of rotatable bonds is 5. The summed E-state index contributed by atoms with van der Waals surface area (Å²) in [6, 6.07) is 7.83. The molecule has 1 aromatic carbocycles. The second-order valence-corrected chi connectivity index (χ2v) is 8.07. The number of benzene rings is 1. The number of carbonyl (C=O) groups is 2. The van der Waals surface area contributed by atoms with Crippen LogP contribution in [0.15, 0.2) is 28.8 Å². The number of ether oxygens (including phenoxy) is 1. The van der Waals surface area contributed by atoms with Crippen LogP contribution in [-0.2, 0) is 22.6 Å². The monoisotopic (exact) mass is 398 g/mol. The predicted octanol–water partition coefficient (Wildman–Crippen LogP) is 1.97. The predicted molar refractivity (Wildman–Crippen MR) is 104 cm³/mol. The molecule has 29 heavy (non-hydrogen) atoms. The first-order valence-electron chi connectivity index (χ1n) is 9.94. The Kier molecular flexibility index (Phi) is 5.25. The molecule has 8 nitrogen and oxygen atoms in total. The smallest absolute Gasteiger partial charge is 0.236 e. The summed E-state index contributed by atoms with van der Waals surface area (Å²) >= 11 is 0. The van der Waals surface area contributed by atoms with Crippen LogP contribution >= 0.6 is 0 Å². The lowest BCUT2D eigenvalue weighted by molar-refractivity contribution is -0.133. The van der Waals surface area contributed by atoms with E-state index in [2.05, 4.69) is 10.1 Å². The first-order valence-corrected chi connectivity index (χ1v) is 9.94. The van der Waals surface area contributed by atoms with E-state index in [0.29, 0.717) is 37.8 Å². The summed E-state index contributed by atoms with van der Waals surface area (Å²) < 4.78 is 10.2. The SMILES string of the molecule is COc1ccc(CN2CC3(CCN(C(=O)Cc4nc(C)no4)CC3)CC2=O)cc1. The van der Waals surface area contributed by atoms with Gasteiger partial charge in [0, 0.05) is 38.0 Å². The minimum atomic E-state index is -0.0264. The van der Waals surface area contributed by atoms with Crippen molar-refractivity contribution in [1.29, 1.82) is 0 Å². The maximum atomic E-state index is 12.6. The standard InChI is InChI=1S/C21H26N4O4/c1-15-22-18(29-23-15)11-19(26)24-9-7-21(8-10-24)12-20(27)25(14-21)13-16-3-5-17(28-2)6-4-16/h3-6H,7-14H2,1-2H3. The normalized spacial score (nSPS) is 18.5. The first kappa shape index (κ1) is 19.4. The number of methoxy groups -OCH3 is 1. The Balaban J connectivity index is 1.32. The first-order chi connectivity index (χ1) is 14.0. The van der Waals surface area contributed by atoms with Crippen molar-refractivity contribution in [3.63, 3.8) is 0 Å². The van der Waals surface area contributed by atoms with Crippen molar-refractivity contribution in [2.45, 2.75) is 39.2 Å². The Bertz CT molecular complexity index is 884. The van der Waals surface area contributed by atoms with Crippen molar-refractivity contribution < 1.29 is 18.8 Å². The number of likely N-dealkylation sites (tertiary alicyclic amines) is 2. The molecule has 0 radical (unpaired) electrons. The van der Waals surface area contributed by atoms with E-state index in [9.17, 15) is 9.59 Å². The number of hydrogen-bond donors (Lipinski definition) is 0.